The lowest BCUT2D eigenvalue weighted by atomic mass is 9.99. The quantitative estimate of drug-likeness (QED) is 0.0922. The maximum Gasteiger partial charge on any atom is 0.432 e. The molecular weight excluding hydrogens is 582 g/mol. The Morgan fingerprint density at radius 2 is 1.24 bits per heavy atom. The van der Waals surface area contributed by atoms with Crippen LogP contribution in [0.3, 0.4) is 0 Å². The minimum atomic E-state index is -4.90. The molecule has 0 aliphatic rings. The standard InChI is InChI=1S/C30H14F10O2/c1-2-7-41-18-6-5-16(20(31)12-18)4-3-15-8-21(32)27(22(33)9-15)17-10-23(34)28(24(35)11-17)30(39,40)42-19-13-25(36)29(38)26(37)14-19/h2,5-6,8-14H,1,7H2. The molecule has 0 radical (unpaired) electrons. The van der Waals surface area contributed by atoms with Gasteiger partial charge in [-0.25, -0.2) is 35.1 Å². The maximum atomic E-state index is 14.8. The van der Waals surface area contributed by atoms with E-state index in [2.05, 4.69) is 23.2 Å². The Morgan fingerprint density at radius 1 is 0.667 bits per heavy atom. The number of hydrogen-bond acceptors (Lipinski definition) is 2. The van der Waals surface area contributed by atoms with Gasteiger partial charge < -0.3 is 9.47 Å². The average molecular weight is 596 g/mol. The van der Waals surface area contributed by atoms with Crippen LogP contribution in [0.1, 0.15) is 16.7 Å². The summed E-state index contributed by atoms with van der Waals surface area (Å²) in [6.45, 7) is 3.58. The first kappa shape index (κ1) is 30.0. The van der Waals surface area contributed by atoms with E-state index in [1.54, 1.807) is 0 Å². The predicted octanol–water partition coefficient (Wildman–Crippen LogP) is 8.56. The lowest BCUT2D eigenvalue weighted by Crippen LogP contribution is -2.25. The highest BCUT2D eigenvalue weighted by atomic mass is 19.3. The zero-order valence-electron chi connectivity index (χ0n) is 20.8. The van der Waals surface area contributed by atoms with Crippen LogP contribution in [0.4, 0.5) is 43.9 Å². The van der Waals surface area contributed by atoms with Crippen LogP contribution in [0.5, 0.6) is 11.5 Å². The molecule has 2 nitrogen and oxygen atoms in total. The van der Waals surface area contributed by atoms with E-state index in [-0.39, 0.29) is 47.7 Å². The average Bonchev–Trinajstić information content (AvgIpc) is 2.88. The van der Waals surface area contributed by atoms with Gasteiger partial charge in [-0.05, 0) is 42.0 Å². The molecule has 216 valence electrons. The van der Waals surface area contributed by atoms with Crippen molar-refractivity contribution in [1.29, 1.82) is 0 Å². The minimum absolute atomic E-state index is 0.0217. The summed E-state index contributed by atoms with van der Waals surface area (Å²) in [5, 5.41) is 0. The Morgan fingerprint density at radius 3 is 1.79 bits per heavy atom. The molecule has 0 N–H and O–H groups in total. The van der Waals surface area contributed by atoms with Crippen molar-refractivity contribution < 1.29 is 53.4 Å². The highest BCUT2D eigenvalue weighted by Gasteiger charge is 2.42. The number of halogens is 10. The summed E-state index contributed by atoms with van der Waals surface area (Å²) in [7, 11) is 0. The van der Waals surface area contributed by atoms with Crippen LogP contribution in [0, 0.1) is 58.4 Å². The van der Waals surface area contributed by atoms with E-state index in [1.165, 1.54) is 18.2 Å². The fraction of sp³-hybridized carbons (Fsp3) is 0.0667. The van der Waals surface area contributed by atoms with Crippen molar-refractivity contribution in [2.24, 2.45) is 0 Å². The van der Waals surface area contributed by atoms with Crippen molar-refractivity contribution in [2.45, 2.75) is 6.11 Å². The Kier molecular flexibility index (Phi) is 8.51. The van der Waals surface area contributed by atoms with Crippen LogP contribution < -0.4 is 9.47 Å². The fourth-order valence-corrected chi connectivity index (χ4v) is 3.69. The van der Waals surface area contributed by atoms with E-state index in [1.807, 2.05) is 0 Å². The van der Waals surface area contributed by atoms with Gasteiger partial charge in [-0.3, -0.25) is 0 Å². The van der Waals surface area contributed by atoms with Crippen LogP contribution in [-0.4, -0.2) is 6.61 Å². The van der Waals surface area contributed by atoms with Crippen molar-refractivity contribution in [3.05, 3.63) is 130 Å². The predicted molar refractivity (Wildman–Crippen MR) is 131 cm³/mol. The lowest BCUT2D eigenvalue weighted by Gasteiger charge is -2.20. The molecule has 0 bridgehead atoms. The summed E-state index contributed by atoms with van der Waals surface area (Å²) in [5.41, 5.74) is -4.33. The molecule has 0 fully saturated rings. The topological polar surface area (TPSA) is 18.5 Å². The van der Waals surface area contributed by atoms with E-state index in [0.717, 1.165) is 6.07 Å². The Balaban J connectivity index is 1.63. The molecule has 0 aliphatic carbocycles. The molecule has 4 rings (SSSR count). The van der Waals surface area contributed by atoms with Crippen LogP contribution in [0.25, 0.3) is 11.1 Å². The van der Waals surface area contributed by atoms with E-state index in [4.69, 9.17) is 4.74 Å². The van der Waals surface area contributed by atoms with Gasteiger partial charge in [0, 0.05) is 23.8 Å². The van der Waals surface area contributed by atoms with Gasteiger partial charge in [0.25, 0.3) is 0 Å². The number of benzene rings is 4. The van der Waals surface area contributed by atoms with Gasteiger partial charge in [-0.1, -0.05) is 24.5 Å². The smallest absolute Gasteiger partial charge is 0.432 e. The first-order valence-electron chi connectivity index (χ1n) is 11.6. The fourth-order valence-electron chi connectivity index (χ4n) is 3.69. The van der Waals surface area contributed by atoms with Gasteiger partial charge in [0.05, 0.1) is 11.1 Å². The second kappa shape index (κ2) is 11.9. The van der Waals surface area contributed by atoms with Crippen molar-refractivity contribution in [3.8, 4) is 34.5 Å². The van der Waals surface area contributed by atoms with Crippen LogP contribution in [0.15, 0.2) is 67.3 Å². The van der Waals surface area contributed by atoms with E-state index < -0.39 is 75.1 Å². The third-order valence-corrected chi connectivity index (χ3v) is 5.52. The van der Waals surface area contributed by atoms with E-state index in [0.29, 0.717) is 12.1 Å². The largest absolute Gasteiger partial charge is 0.489 e. The number of ether oxygens (including phenoxy) is 2. The molecule has 0 saturated heterocycles. The normalized spacial score (nSPS) is 11.1. The molecule has 42 heavy (non-hydrogen) atoms. The van der Waals surface area contributed by atoms with Gasteiger partial charge in [0.1, 0.15) is 52.8 Å². The molecule has 0 heterocycles. The molecule has 0 spiro atoms. The molecular formula is C30H14F10O2. The Labute approximate surface area is 231 Å². The number of hydrogen-bond donors (Lipinski definition) is 0. The monoisotopic (exact) mass is 596 g/mol. The second-order valence-corrected chi connectivity index (χ2v) is 8.44. The summed E-state index contributed by atoms with van der Waals surface area (Å²) in [6, 6.07) is 5.44. The maximum absolute atomic E-state index is 14.8. The molecule has 0 aliphatic heterocycles. The van der Waals surface area contributed by atoms with Crippen molar-refractivity contribution in [3.63, 3.8) is 0 Å². The summed E-state index contributed by atoms with van der Waals surface area (Å²) in [4.78, 5) is 0. The molecule has 12 heteroatoms. The first-order chi connectivity index (χ1) is 19.8. The van der Waals surface area contributed by atoms with Gasteiger partial charge in [0.2, 0.25) is 0 Å². The Bertz CT molecular complexity index is 1690. The molecule has 0 unspecified atom stereocenters. The summed E-state index contributed by atoms with van der Waals surface area (Å²) in [5.74, 6) is -9.83. The number of rotatable bonds is 7. The molecule has 4 aromatic carbocycles. The van der Waals surface area contributed by atoms with Gasteiger partial charge in [0.15, 0.2) is 17.5 Å². The van der Waals surface area contributed by atoms with Crippen LogP contribution in [0.2, 0.25) is 0 Å². The minimum Gasteiger partial charge on any atom is -0.489 e. The third-order valence-electron chi connectivity index (χ3n) is 5.52. The summed E-state index contributed by atoms with van der Waals surface area (Å²) in [6.07, 6.45) is -3.45. The highest BCUT2D eigenvalue weighted by Crippen LogP contribution is 2.38. The molecule has 4 aromatic rings. The van der Waals surface area contributed by atoms with Crippen LogP contribution in [-0.2, 0) is 6.11 Å². The van der Waals surface area contributed by atoms with Gasteiger partial charge in [-0.15, -0.1) is 0 Å². The zero-order valence-corrected chi connectivity index (χ0v) is 20.8. The molecule has 0 saturated carbocycles. The van der Waals surface area contributed by atoms with Crippen LogP contribution >= 0.6 is 0 Å². The third kappa shape index (κ3) is 6.35. The van der Waals surface area contributed by atoms with E-state index in [9.17, 15) is 43.9 Å². The van der Waals surface area contributed by atoms with Gasteiger partial charge in [-0.2, -0.15) is 8.78 Å². The second-order valence-electron chi connectivity index (χ2n) is 8.44. The summed E-state index contributed by atoms with van der Waals surface area (Å²) >= 11 is 0. The summed E-state index contributed by atoms with van der Waals surface area (Å²) < 4.78 is 151. The van der Waals surface area contributed by atoms with Crippen molar-refractivity contribution >= 4 is 0 Å². The molecule has 0 atom stereocenters. The van der Waals surface area contributed by atoms with Gasteiger partial charge >= 0.3 is 6.11 Å². The van der Waals surface area contributed by atoms with E-state index >= 15 is 0 Å². The molecule has 0 aromatic heterocycles. The Hall–Kier alpha value is -4.92. The first-order valence-corrected chi connectivity index (χ1v) is 11.6. The van der Waals surface area contributed by atoms with Crippen molar-refractivity contribution in [2.75, 3.05) is 6.61 Å². The van der Waals surface area contributed by atoms with Crippen molar-refractivity contribution in [1.82, 2.24) is 0 Å². The number of alkyl halides is 2. The zero-order chi connectivity index (χ0) is 30.8. The molecule has 0 amide bonds. The lowest BCUT2D eigenvalue weighted by molar-refractivity contribution is -0.189. The highest BCUT2D eigenvalue weighted by molar-refractivity contribution is 5.67. The SMILES string of the molecule is C=CCOc1ccc(C#Cc2cc(F)c(-c3cc(F)c(C(F)(F)Oc4cc(F)c(F)c(F)c4)c(F)c3)c(F)c2)c(F)c1.